The van der Waals surface area contributed by atoms with Crippen molar-refractivity contribution in [2.45, 2.75) is 6.54 Å². The Morgan fingerprint density at radius 2 is 1.91 bits per heavy atom. The molecule has 2 aromatic carbocycles. The Morgan fingerprint density at radius 1 is 1.09 bits per heavy atom. The van der Waals surface area contributed by atoms with Crippen LogP contribution in [-0.4, -0.2) is 16.2 Å². The van der Waals surface area contributed by atoms with Gasteiger partial charge in [0, 0.05) is 10.0 Å². The van der Waals surface area contributed by atoms with E-state index in [0.717, 1.165) is 0 Å². The Hall–Kier alpha value is -2.04. The molecule has 0 radical (unpaired) electrons. The molecule has 0 saturated carbocycles. The van der Waals surface area contributed by atoms with Crippen LogP contribution in [0.15, 0.2) is 53.6 Å². The van der Waals surface area contributed by atoms with E-state index >= 15 is 0 Å². The van der Waals surface area contributed by atoms with Gasteiger partial charge in [0.1, 0.15) is 12.4 Å². The second-order valence-electron chi connectivity index (χ2n) is 4.71. The number of ether oxygens (including phenoxy) is 1. The minimum Gasteiger partial charge on any atom is -0.492 e. The van der Waals surface area contributed by atoms with E-state index in [1.54, 1.807) is 30.3 Å². The summed E-state index contributed by atoms with van der Waals surface area (Å²) in [5.74, 6) is 0.664. The zero-order chi connectivity index (χ0) is 15.5. The smallest absolute Gasteiger partial charge is 0.261 e. The molecule has 0 spiro atoms. The molecule has 1 aromatic heterocycles. The number of benzene rings is 2. The molecule has 6 heteroatoms. The fraction of sp³-hybridized carbons (Fsp3) is 0.125. The molecule has 4 nitrogen and oxygen atoms in total. The van der Waals surface area contributed by atoms with Crippen molar-refractivity contribution in [3.63, 3.8) is 0 Å². The van der Waals surface area contributed by atoms with Crippen LogP contribution in [0, 0.1) is 0 Å². The molecule has 0 unspecified atom stereocenters. The topological polar surface area (TPSA) is 44.1 Å². The maximum Gasteiger partial charge on any atom is 0.261 e. The van der Waals surface area contributed by atoms with Gasteiger partial charge in [0.05, 0.1) is 23.8 Å². The standard InChI is InChI=1S/C16H12Cl2N2O2/c17-11-2-1-3-13(8-11)22-7-6-20-10-19-15-5-4-12(18)9-14(15)16(20)21/h1-5,8-10H,6-7H2. The third-order valence-electron chi connectivity index (χ3n) is 3.18. The van der Waals surface area contributed by atoms with Crippen LogP contribution < -0.4 is 10.3 Å². The number of halogens is 2. The second kappa shape index (κ2) is 6.38. The summed E-state index contributed by atoms with van der Waals surface area (Å²) in [4.78, 5) is 16.6. The van der Waals surface area contributed by atoms with Gasteiger partial charge >= 0.3 is 0 Å². The summed E-state index contributed by atoms with van der Waals surface area (Å²) in [5.41, 5.74) is 0.489. The van der Waals surface area contributed by atoms with E-state index in [4.69, 9.17) is 27.9 Å². The van der Waals surface area contributed by atoms with Crippen molar-refractivity contribution in [2.24, 2.45) is 0 Å². The van der Waals surface area contributed by atoms with Crippen molar-refractivity contribution in [3.05, 3.63) is 69.2 Å². The zero-order valence-electron chi connectivity index (χ0n) is 11.5. The average molecular weight is 335 g/mol. The molecule has 0 atom stereocenters. The van der Waals surface area contributed by atoms with Crippen molar-refractivity contribution in [3.8, 4) is 5.75 Å². The van der Waals surface area contributed by atoms with E-state index in [1.165, 1.54) is 10.9 Å². The normalized spacial score (nSPS) is 10.8. The minimum absolute atomic E-state index is 0.137. The quantitative estimate of drug-likeness (QED) is 0.729. The highest BCUT2D eigenvalue weighted by Gasteiger charge is 2.05. The van der Waals surface area contributed by atoms with E-state index in [0.29, 0.717) is 39.8 Å². The lowest BCUT2D eigenvalue weighted by Gasteiger charge is -2.09. The zero-order valence-corrected chi connectivity index (χ0v) is 13.0. The lowest BCUT2D eigenvalue weighted by molar-refractivity contribution is 0.296. The van der Waals surface area contributed by atoms with Gasteiger partial charge in [-0.15, -0.1) is 0 Å². The number of aromatic nitrogens is 2. The van der Waals surface area contributed by atoms with E-state index in [1.807, 2.05) is 12.1 Å². The van der Waals surface area contributed by atoms with Crippen LogP contribution in [0.3, 0.4) is 0 Å². The first-order valence-electron chi connectivity index (χ1n) is 6.66. The number of rotatable bonds is 4. The highest BCUT2D eigenvalue weighted by atomic mass is 35.5. The van der Waals surface area contributed by atoms with Gasteiger partial charge in [0.2, 0.25) is 0 Å². The number of nitrogens with zero attached hydrogens (tertiary/aromatic N) is 2. The molecular formula is C16H12Cl2N2O2. The Balaban J connectivity index is 1.77. The summed E-state index contributed by atoms with van der Waals surface area (Å²) in [6, 6.07) is 12.2. The van der Waals surface area contributed by atoms with Crippen LogP contribution in [0.25, 0.3) is 10.9 Å². The van der Waals surface area contributed by atoms with Crippen LogP contribution in [0.2, 0.25) is 10.0 Å². The molecule has 0 saturated heterocycles. The molecule has 1 heterocycles. The van der Waals surface area contributed by atoms with Gasteiger partial charge < -0.3 is 4.74 Å². The van der Waals surface area contributed by atoms with Gasteiger partial charge in [-0.1, -0.05) is 29.3 Å². The van der Waals surface area contributed by atoms with Gasteiger partial charge in [-0.2, -0.15) is 0 Å². The third-order valence-corrected chi connectivity index (χ3v) is 3.65. The van der Waals surface area contributed by atoms with Gasteiger partial charge in [-0.25, -0.2) is 4.98 Å². The summed E-state index contributed by atoms with van der Waals surface area (Å²) in [7, 11) is 0. The first-order chi connectivity index (χ1) is 10.6. The van der Waals surface area contributed by atoms with Gasteiger partial charge in [0.25, 0.3) is 5.56 Å². The monoisotopic (exact) mass is 334 g/mol. The predicted octanol–water partition coefficient (Wildman–Crippen LogP) is 3.78. The maximum absolute atomic E-state index is 12.4. The van der Waals surface area contributed by atoms with Crippen LogP contribution in [0.4, 0.5) is 0 Å². The number of hydrogen-bond acceptors (Lipinski definition) is 3. The fourth-order valence-corrected chi connectivity index (χ4v) is 2.46. The summed E-state index contributed by atoms with van der Waals surface area (Å²) in [5, 5.41) is 1.62. The Morgan fingerprint density at radius 3 is 2.73 bits per heavy atom. The molecule has 0 aliphatic carbocycles. The SMILES string of the molecule is O=c1c2cc(Cl)ccc2ncn1CCOc1cccc(Cl)c1. The maximum atomic E-state index is 12.4. The summed E-state index contributed by atoms with van der Waals surface area (Å²) in [6.45, 7) is 0.731. The van der Waals surface area contributed by atoms with Gasteiger partial charge in [-0.3, -0.25) is 9.36 Å². The van der Waals surface area contributed by atoms with Crippen molar-refractivity contribution >= 4 is 34.1 Å². The van der Waals surface area contributed by atoms with Crippen molar-refractivity contribution in [1.82, 2.24) is 9.55 Å². The van der Waals surface area contributed by atoms with Gasteiger partial charge in [-0.05, 0) is 36.4 Å². The minimum atomic E-state index is -0.137. The van der Waals surface area contributed by atoms with Crippen molar-refractivity contribution in [1.29, 1.82) is 0 Å². The van der Waals surface area contributed by atoms with Crippen LogP contribution in [0.5, 0.6) is 5.75 Å². The second-order valence-corrected chi connectivity index (χ2v) is 5.58. The van der Waals surface area contributed by atoms with Gasteiger partial charge in [0.15, 0.2) is 0 Å². The fourth-order valence-electron chi connectivity index (χ4n) is 2.11. The van der Waals surface area contributed by atoms with E-state index in [-0.39, 0.29) is 5.56 Å². The molecular weight excluding hydrogens is 323 g/mol. The first kappa shape index (κ1) is 14.9. The molecule has 3 aromatic rings. The van der Waals surface area contributed by atoms with E-state index < -0.39 is 0 Å². The Kier molecular flexibility index (Phi) is 4.32. The molecule has 112 valence electrons. The Labute approximate surface area is 136 Å². The van der Waals surface area contributed by atoms with Crippen LogP contribution in [0.1, 0.15) is 0 Å². The largest absolute Gasteiger partial charge is 0.492 e. The summed E-state index contributed by atoms with van der Waals surface area (Å²) in [6.07, 6.45) is 1.51. The van der Waals surface area contributed by atoms with E-state index in [9.17, 15) is 4.79 Å². The third kappa shape index (κ3) is 3.24. The molecule has 0 bridgehead atoms. The van der Waals surface area contributed by atoms with Crippen LogP contribution >= 0.6 is 23.2 Å². The van der Waals surface area contributed by atoms with Crippen LogP contribution in [-0.2, 0) is 6.54 Å². The highest BCUT2D eigenvalue weighted by Crippen LogP contribution is 2.17. The molecule has 0 aliphatic rings. The molecule has 22 heavy (non-hydrogen) atoms. The van der Waals surface area contributed by atoms with E-state index in [2.05, 4.69) is 4.98 Å². The lowest BCUT2D eigenvalue weighted by Crippen LogP contribution is -2.23. The molecule has 0 aliphatic heterocycles. The number of hydrogen-bond donors (Lipinski definition) is 0. The molecule has 0 N–H and O–H groups in total. The van der Waals surface area contributed by atoms with Crippen molar-refractivity contribution in [2.75, 3.05) is 6.61 Å². The Bertz CT molecular complexity index is 877. The number of fused-ring (bicyclic) bond motifs is 1. The lowest BCUT2D eigenvalue weighted by atomic mass is 10.2. The first-order valence-corrected chi connectivity index (χ1v) is 7.42. The molecule has 0 amide bonds. The highest BCUT2D eigenvalue weighted by molar-refractivity contribution is 6.31. The summed E-state index contributed by atoms with van der Waals surface area (Å²) < 4.78 is 7.09. The molecule has 0 fully saturated rings. The average Bonchev–Trinajstić information content (AvgIpc) is 2.50. The van der Waals surface area contributed by atoms with Crippen molar-refractivity contribution < 1.29 is 4.74 Å². The predicted molar refractivity (Wildman–Crippen MR) is 88.0 cm³/mol. The summed E-state index contributed by atoms with van der Waals surface area (Å²) >= 11 is 11.8. The molecule has 3 rings (SSSR count).